The van der Waals surface area contributed by atoms with Crippen LogP contribution in [0.1, 0.15) is 37.3 Å². The normalized spacial score (nSPS) is 18.9. The van der Waals surface area contributed by atoms with E-state index in [9.17, 15) is 13.2 Å². The molecule has 2 N–H and O–H groups in total. The fourth-order valence-electron chi connectivity index (χ4n) is 2.51. The van der Waals surface area contributed by atoms with Gasteiger partial charge < -0.3 is 10.5 Å². The summed E-state index contributed by atoms with van der Waals surface area (Å²) in [6.45, 7) is 0. The number of halogens is 3. The van der Waals surface area contributed by atoms with Gasteiger partial charge in [-0.25, -0.2) is 0 Å². The smallest absolute Gasteiger partial charge is 0.406 e. The Morgan fingerprint density at radius 3 is 2.50 bits per heavy atom. The van der Waals surface area contributed by atoms with Crippen LogP contribution in [-0.4, -0.2) is 6.36 Å². The highest BCUT2D eigenvalue weighted by molar-refractivity contribution is 5.31. The predicted molar refractivity (Wildman–Crippen MR) is 62.0 cm³/mol. The summed E-state index contributed by atoms with van der Waals surface area (Å²) in [6.07, 6.45) is -0.263. The second-order valence-corrected chi connectivity index (χ2v) is 4.69. The van der Waals surface area contributed by atoms with Gasteiger partial charge in [-0.1, -0.05) is 25.0 Å². The molecular formula is C13H16F3NO. The van der Waals surface area contributed by atoms with Crippen LogP contribution in [-0.2, 0) is 0 Å². The van der Waals surface area contributed by atoms with E-state index in [0.717, 1.165) is 25.7 Å². The van der Waals surface area contributed by atoms with Crippen LogP contribution in [0.25, 0.3) is 0 Å². The highest BCUT2D eigenvalue weighted by Crippen LogP contribution is 2.35. The van der Waals surface area contributed by atoms with Gasteiger partial charge in [-0.15, -0.1) is 13.2 Å². The maximum atomic E-state index is 12.1. The van der Waals surface area contributed by atoms with E-state index < -0.39 is 6.36 Å². The van der Waals surface area contributed by atoms with E-state index in [0.29, 0.717) is 11.5 Å². The summed E-state index contributed by atoms with van der Waals surface area (Å²) in [5.41, 5.74) is 6.81. The van der Waals surface area contributed by atoms with E-state index in [1.54, 1.807) is 12.1 Å². The van der Waals surface area contributed by atoms with Crippen molar-refractivity contribution in [1.29, 1.82) is 0 Å². The largest absolute Gasteiger partial charge is 0.573 e. The lowest BCUT2D eigenvalue weighted by Gasteiger charge is -2.20. The van der Waals surface area contributed by atoms with E-state index in [2.05, 4.69) is 4.74 Å². The lowest BCUT2D eigenvalue weighted by Crippen LogP contribution is -2.20. The van der Waals surface area contributed by atoms with E-state index in [1.807, 2.05) is 0 Å². The van der Waals surface area contributed by atoms with Crippen molar-refractivity contribution in [1.82, 2.24) is 0 Å². The molecule has 100 valence electrons. The topological polar surface area (TPSA) is 35.2 Å². The molecule has 0 unspecified atom stereocenters. The summed E-state index contributed by atoms with van der Waals surface area (Å²) in [5, 5.41) is 0. The number of hydrogen-bond donors (Lipinski definition) is 1. The van der Waals surface area contributed by atoms with Crippen LogP contribution in [0.4, 0.5) is 13.2 Å². The molecule has 0 aromatic heterocycles. The van der Waals surface area contributed by atoms with Gasteiger partial charge in [0, 0.05) is 6.04 Å². The molecule has 1 fully saturated rings. The third kappa shape index (κ3) is 3.38. The summed E-state index contributed by atoms with van der Waals surface area (Å²) < 4.78 is 40.3. The maximum Gasteiger partial charge on any atom is 0.573 e. The molecule has 2 nitrogen and oxygen atoms in total. The van der Waals surface area contributed by atoms with E-state index in [1.165, 1.54) is 12.1 Å². The Kier molecular flexibility index (Phi) is 3.80. The molecule has 0 radical (unpaired) electrons. The Morgan fingerprint density at radius 1 is 1.22 bits per heavy atom. The van der Waals surface area contributed by atoms with Gasteiger partial charge in [0.2, 0.25) is 0 Å². The lowest BCUT2D eigenvalue weighted by molar-refractivity contribution is -0.274. The zero-order chi connectivity index (χ0) is 13.2. The van der Waals surface area contributed by atoms with Crippen molar-refractivity contribution in [3.8, 4) is 5.75 Å². The van der Waals surface area contributed by atoms with Crippen LogP contribution >= 0.6 is 0 Å². The number of rotatable bonds is 3. The van der Waals surface area contributed by atoms with Crippen LogP contribution in [0, 0.1) is 5.92 Å². The van der Waals surface area contributed by atoms with Gasteiger partial charge >= 0.3 is 6.36 Å². The Balaban J connectivity index is 2.11. The quantitative estimate of drug-likeness (QED) is 0.896. The van der Waals surface area contributed by atoms with Gasteiger partial charge in [0.15, 0.2) is 0 Å². The first-order valence-corrected chi connectivity index (χ1v) is 6.07. The first kappa shape index (κ1) is 13.2. The van der Waals surface area contributed by atoms with E-state index >= 15 is 0 Å². The molecule has 1 aliphatic rings. The number of ether oxygens (including phenoxy) is 1. The van der Waals surface area contributed by atoms with Crippen molar-refractivity contribution in [3.05, 3.63) is 29.8 Å². The fourth-order valence-corrected chi connectivity index (χ4v) is 2.51. The maximum absolute atomic E-state index is 12.1. The van der Waals surface area contributed by atoms with Crippen molar-refractivity contribution >= 4 is 0 Å². The van der Waals surface area contributed by atoms with Crippen LogP contribution in [0.15, 0.2) is 24.3 Å². The molecule has 0 aliphatic heterocycles. The number of benzene rings is 1. The summed E-state index contributed by atoms with van der Waals surface area (Å²) in [6, 6.07) is 5.77. The molecule has 0 amide bonds. The summed E-state index contributed by atoms with van der Waals surface area (Å²) >= 11 is 0. The van der Waals surface area contributed by atoms with Gasteiger partial charge in [0.1, 0.15) is 5.75 Å². The fraction of sp³-hybridized carbons (Fsp3) is 0.538. The monoisotopic (exact) mass is 259 g/mol. The molecule has 18 heavy (non-hydrogen) atoms. The zero-order valence-electron chi connectivity index (χ0n) is 9.91. The molecule has 0 spiro atoms. The van der Waals surface area contributed by atoms with Gasteiger partial charge in [-0.05, 0) is 36.5 Å². The highest BCUT2D eigenvalue weighted by Gasteiger charge is 2.31. The molecule has 0 saturated heterocycles. The molecule has 5 heteroatoms. The molecular weight excluding hydrogens is 243 g/mol. The van der Waals surface area contributed by atoms with Crippen LogP contribution in [0.3, 0.4) is 0 Å². The second-order valence-electron chi connectivity index (χ2n) is 4.69. The zero-order valence-corrected chi connectivity index (χ0v) is 9.91. The van der Waals surface area contributed by atoms with Crippen LogP contribution in [0.2, 0.25) is 0 Å². The van der Waals surface area contributed by atoms with E-state index in [-0.39, 0.29) is 11.8 Å². The van der Waals surface area contributed by atoms with Crippen molar-refractivity contribution in [2.45, 2.75) is 38.1 Å². The molecule has 1 aromatic rings. The van der Waals surface area contributed by atoms with Gasteiger partial charge in [0.05, 0.1) is 0 Å². The molecule has 1 atom stereocenters. The lowest BCUT2D eigenvalue weighted by atomic mass is 9.92. The minimum absolute atomic E-state index is 0.201. The van der Waals surface area contributed by atoms with Crippen molar-refractivity contribution in [2.24, 2.45) is 11.7 Å². The second kappa shape index (κ2) is 5.18. The standard InChI is InChI=1S/C13H16F3NO/c14-13(15,16)18-11-7-3-6-10(8-11)12(17)9-4-1-2-5-9/h3,6-9,12H,1-2,4-5,17H2/t12-/m0/s1. The van der Waals surface area contributed by atoms with Crippen molar-refractivity contribution in [3.63, 3.8) is 0 Å². The minimum Gasteiger partial charge on any atom is -0.406 e. The highest BCUT2D eigenvalue weighted by atomic mass is 19.4. The molecule has 0 bridgehead atoms. The molecule has 1 aliphatic carbocycles. The third-order valence-electron chi connectivity index (χ3n) is 3.38. The van der Waals surface area contributed by atoms with Crippen molar-refractivity contribution in [2.75, 3.05) is 0 Å². The van der Waals surface area contributed by atoms with E-state index in [4.69, 9.17) is 5.73 Å². The average Bonchev–Trinajstić information content (AvgIpc) is 2.79. The average molecular weight is 259 g/mol. The summed E-state index contributed by atoms with van der Waals surface area (Å²) in [5.74, 6) is 0.166. The Hall–Kier alpha value is -1.23. The summed E-state index contributed by atoms with van der Waals surface area (Å²) in [7, 11) is 0. The Bertz CT molecular complexity index is 399. The first-order valence-electron chi connectivity index (χ1n) is 6.07. The Labute approximate surface area is 104 Å². The van der Waals surface area contributed by atoms with Gasteiger partial charge in [-0.2, -0.15) is 0 Å². The van der Waals surface area contributed by atoms with Crippen LogP contribution < -0.4 is 10.5 Å². The van der Waals surface area contributed by atoms with Crippen molar-refractivity contribution < 1.29 is 17.9 Å². The number of nitrogens with two attached hydrogens (primary N) is 1. The predicted octanol–water partition coefficient (Wildman–Crippen LogP) is 3.78. The molecule has 0 heterocycles. The third-order valence-corrected chi connectivity index (χ3v) is 3.38. The number of alkyl halides is 3. The first-order chi connectivity index (χ1) is 8.46. The molecule has 1 saturated carbocycles. The van der Waals surface area contributed by atoms with Crippen LogP contribution in [0.5, 0.6) is 5.75 Å². The Morgan fingerprint density at radius 2 is 1.89 bits per heavy atom. The SMILES string of the molecule is N[C@H](c1cccc(OC(F)(F)F)c1)C1CCCC1. The van der Waals surface area contributed by atoms with Gasteiger partial charge in [-0.3, -0.25) is 0 Å². The molecule has 1 aromatic carbocycles. The molecule has 2 rings (SSSR count). The summed E-state index contributed by atoms with van der Waals surface area (Å²) in [4.78, 5) is 0. The number of hydrogen-bond acceptors (Lipinski definition) is 2. The van der Waals surface area contributed by atoms with Gasteiger partial charge in [0.25, 0.3) is 0 Å². The minimum atomic E-state index is -4.66.